The summed E-state index contributed by atoms with van der Waals surface area (Å²) in [5.74, 6) is 2.13. The fourth-order valence-corrected chi connectivity index (χ4v) is 8.57. The normalized spacial score (nSPS) is 19.5. The Balaban J connectivity index is 0.000000175. The topological polar surface area (TPSA) is 126 Å². The maximum atomic E-state index is 13.7. The number of benzene rings is 2. The molecule has 0 bridgehead atoms. The Hall–Kier alpha value is -3.45. The van der Waals surface area contributed by atoms with Crippen molar-refractivity contribution in [3.8, 4) is 0 Å². The number of hydrogen-bond acceptors (Lipinski definition) is 10. The van der Waals surface area contributed by atoms with Gasteiger partial charge in [0.05, 0.1) is 22.5 Å². The highest BCUT2D eigenvalue weighted by Gasteiger charge is 2.26. The molecule has 2 aromatic carbocycles. The van der Waals surface area contributed by atoms with Crippen LogP contribution in [0, 0.1) is 24.6 Å². The minimum Gasteiger partial charge on any atom is -0.356 e. The molecule has 2 saturated heterocycles. The maximum absolute atomic E-state index is 13.7. The van der Waals surface area contributed by atoms with E-state index in [1.807, 2.05) is 24.3 Å². The van der Waals surface area contributed by atoms with Crippen LogP contribution >= 0.6 is 0 Å². The molecule has 10 nitrogen and oxygen atoms in total. The Labute approximate surface area is 258 Å². The zero-order valence-electron chi connectivity index (χ0n) is 25.4. The molecule has 0 saturated carbocycles. The lowest BCUT2D eigenvalue weighted by atomic mass is 9.99. The molecule has 0 aliphatic carbocycles. The Morgan fingerprint density at radius 3 is 1.84 bits per heavy atom. The summed E-state index contributed by atoms with van der Waals surface area (Å²) in [5, 5.41) is 1.84. The van der Waals surface area contributed by atoms with E-state index in [2.05, 4.69) is 29.7 Å². The average molecular weight is 643 g/mol. The number of para-hydroxylation sites is 1. The maximum Gasteiger partial charge on any atom is 0.147 e. The fourth-order valence-electron chi connectivity index (χ4n) is 6.31. The van der Waals surface area contributed by atoms with Crippen LogP contribution < -0.4 is 9.80 Å². The third-order valence-electron chi connectivity index (χ3n) is 8.13. The third-order valence-corrected chi connectivity index (χ3v) is 10.3. The van der Waals surface area contributed by atoms with Crippen LogP contribution in [0.2, 0.25) is 0 Å². The number of aromatic nitrogens is 4. The summed E-state index contributed by atoms with van der Waals surface area (Å²) in [6, 6.07) is 11.1. The molecule has 2 aromatic heterocycles. The van der Waals surface area contributed by atoms with Crippen LogP contribution in [0.25, 0.3) is 21.8 Å². The van der Waals surface area contributed by atoms with E-state index in [0.717, 1.165) is 73.2 Å². The second-order valence-electron chi connectivity index (χ2n) is 12.1. The minimum atomic E-state index is -2.99. The summed E-state index contributed by atoms with van der Waals surface area (Å²) in [5.41, 5.74) is 2.05. The number of hydrogen-bond donors (Lipinski definition) is 0. The van der Waals surface area contributed by atoms with Gasteiger partial charge in [-0.1, -0.05) is 12.1 Å². The number of piperidine rings is 2. The number of nitrogens with zero attached hydrogens (tertiary/aromatic N) is 6. The molecule has 0 spiro atoms. The van der Waals surface area contributed by atoms with E-state index in [0.29, 0.717) is 17.6 Å². The number of aryl methyl sites for hydroxylation is 1. The molecular formula is C31H39FN6O4S2. The standard InChI is InChI=1S/C16H20FN3O2S.C15H19N3O2S/c1-11-6-13-15(7-14(11)17)18-10-19-16(13)20-5-3-4-12(8-20)9-23(2,21)22;1-21(19,20)10-12-5-4-8-18(9-12)15-13-6-2-3-7-14(13)16-11-17-15/h6-7,10,12H,3-5,8-9H2,1-2H3;2-3,6-7,11-12H,4-5,8-10H2,1H3. The molecule has 2 unspecified atom stereocenters. The molecule has 2 fully saturated rings. The number of rotatable bonds is 6. The van der Waals surface area contributed by atoms with Gasteiger partial charge in [0.25, 0.3) is 0 Å². The molecule has 2 aliphatic rings. The highest BCUT2D eigenvalue weighted by atomic mass is 32.2. The van der Waals surface area contributed by atoms with Gasteiger partial charge in [0.2, 0.25) is 0 Å². The Bertz CT molecular complexity index is 1850. The molecule has 13 heteroatoms. The van der Waals surface area contributed by atoms with Crippen LogP contribution in [0.4, 0.5) is 16.0 Å². The molecule has 0 radical (unpaired) electrons. The molecule has 2 aliphatic heterocycles. The summed E-state index contributed by atoms with van der Waals surface area (Å²) >= 11 is 0. The average Bonchev–Trinajstić information content (AvgIpc) is 2.96. The van der Waals surface area contributed by atoms with Crippen LogP contribution in [0.3, 0.4) is 0 Å². The van der Waals surface area contributed by atoms with Gasteiger partial charge in [0.1, 0.15) is 49.8 Å². The van der Waals surface area contributed by atoms with Crippen molar-refractivity contribution in [1.29, 1.82) is 0 Å². The smallest absolute Gasteiger partial charge is 0.147 e. The van der Waals surface area contributed by atoms with E-state index in [1.165, 1.54) is 24.9 Å². The van der Waals surface area contributed by atoms with Gasteiger partial charge in [-0.2, -0.15) is 0 Å². The first-order valence-electron chi connectivity index (χ1n) is 14.8. The van der Waals surface area contributed by atoms with Crippen LogP contribution in [0.15, 0.2) is 49.1 Å². The SMILES string of the molecule is CS(=O)(=O)CC1CCCN(c2ncnc3ccccc23)C1.Cc1cc2c(N3CCCC(CS(C)(=O)=O)C3)ncnc2cc1F. The molecule has 0 amide bonds. The monoisotopic (exact) mass is 642 g/mol. The van der Waals surface area contributed by atoms with E-state index in [4.69, 9.17) is 0 Å². The van der Waals surface area contributed by atoms with Crippen molar-refractivity contribution in [1.82, 2.24) is 19.9 Å². The zero-order valence-corrected chi connectivity index (χ0v) is 27.0. The summed E-state index contributed by atoms with van der Waals surface area (Å²) in [6.07, 6.45) is 9.39. The first-order chi connectivity index (χ1) is 20.9. The zero-order chi connectivity index (χ0) is 31.5. The lowest BCUT2D eigenvalue weighted by Crippen LogP contribution is -2.38. The highest BCUT2D eigenvalue weighted by Crippen LogP contribution is 2.30. The molecule has 44 heavy (non-hydrogen) atoms. The largest absolute Gasteiger partial charge is 0.356 e. The first-order valence-corrected chi connectivity index (χ1v) is 18.9. The van der Waals surface area contributed by atoms with Gasteiger partial charge in [-0.25, -0.2) is 41.2 Å². The number of fused-ring (bicyclic) bond motifs is 2. The van der Waals surface area contributed by atoms with Gasteiger partial charge in [0, 0.05) is 55.5 Å². The van der Waals surface area contributed by atoms with Crippen molar-refractivity contribution in [2.75, 3.05) is 60.0 Å². The van der Waals surface area contributed by atoms with Crippen LogP contribution in [0.1, 0.15) is 31.2 Å². The van der Waals surface area contributed by atoms with E-state index < -0.39 is 19.7 Å². The van der Waals surface area contributed by atoms with Gasteiger partial charge >= 0.3 is 0 Å². The van der Waals surface area contributed by atoms with Crippen molar-refractivity contribution in [3.63, 3.8) is 0 Å². The van der Waals surface area contributed by atoms with E-state index in [1.54, 1.807) is 19.3 Å². The predicted molar refractivity (Wildman–Crippen MR) is 173 cm³/mol. The van der Waals surface area contributed by atoms with E-state index in [9.17, 15) is 21.2 Å². The summed E-state index contributed by atoms with van der Waals surface area (Å²) in [6.45, 7) is 4.85. The minimum absolute atomic E-state index is 0.102. The van der Waals surface area contributed by atoms with Gasteiger partial charge in [0.15, 0.2) is 0 Å². The van der Waals surface area contributed by atoms with Crippen molar-refractivity contribution in [2.45, 2.75) is 32.6 Å². The number of halogens is 1. The van der Waals surface area contributed by atoms with Crippen molar-refractivity contribution in [3.05, 3.63) is 60.4 Å². The lowest BCUT2D eigenvalue weighted by molar-refractivity contribution is 0.443. The Kier molecular flexibility index (Phi) is 9.64. The molecular weight excluding hydrogens is 604 g/mol. The third kappa shape index (κ3) is 8.17. The van der Waals surface area contributed by atoms with Gasteiger partial charge in [-0.05, 0) is 68.2 Å². The molecule has 236 valence electrons. The van der Waals surface area contributed by atoms with Crippen LogP contribution in [-0.4, -0.2) is 87.0 Å². The van der Waals surface area contributed by atoms with Crippen molar-refractivity contribution >= 4 is 53.1 Å². The molecule has 0 N–H and O–H groups in total. The first kappa shape index (κ1) is 32.0. The molecule has 6 rings (SSSR count). The molecule has 4 heterocycles. The van der Waals surface area contributed by atoms with Gasteiger partial charge < -0.3 is 9.80 Å². The van der Waals surface area contributed by atoms with Crippen LogP contribution in [-0.2, 0) is 19.7 Å². The van der Waals surface area contributed by atoms with Crippen LogP contribution in [0.5, 0.6) is 0 Å². The lowest BCUT2D eigenvalue weighted by Gasteiger charge is -2.33. The van der Waals surface area contributed by atoms with E-state index >= 15 is 0 Å². The fraction of sp³-hybridized carbons (Fsp3) is 0.484. The summed E-state index contributed by atoms with van der Waals surface area (Å²) in [4.78, 5) is 21.5. The van der Waals surface area contributed by atoms with Gasteiger partial charge in [-0.3, -0.25) is 0 Å². The highest BCUT2D eigenvalue weighted by molar-refractivity contribution is 7.90. The second kappa shape index (κ2) is 13.3. The Morgan fingerprint density at radius 1 is 0.750 bits per heavy atom. The van der Waals surface area contributed by atoms with Crippen molar-refractivity contribution < 1.29 is 21.2 Å². The molecule has 2 atom stereocenters. The molecule has 4 aromatic rings. The summed E-state index contributed by atoms with van der Waals surface area (Å²) in [7, 11) is -5.92. The van der Waals surface area contributed by atoms with Crippen molar-refractivity contribution in [2.24, 2.45) is 11.8 Å². The van der Waals surface area contributed by atoms with E-state index in [-0.39, 0.29) is 29.2 Å². The number of anilines is 2. The second-order valence-corrected chi connectivity index (χ2v) is 16.5. The van der Waals surface area contributed by atoms with Gasteiger partial charge in [-0.15, -0.1) is 0 Å². The summed E-state index contributed by atoms with van der Waals surface area (Å²) < 4.78 is 59.9. The number of sulfone groups is 2. The quantitative estimate of drug-likeness (QED) is 0.302. The predicted octanol–water partition coefficient (Wildman–Crippen LogP) is 4.23. The Morgan fingerprint density at radius 2 is 1.27 bits per heavy atom.